The van der Waals surface area contributed by atoms with Gasteiger partial charge in [0.05, 0.1) is 29.6 Å². The second kappa shape index (κ2) is 11.4. The Morgan fingerprint density at radius 1 is 1.05 bits per heavy atom. The lowest BCUT2D eigenvalue weighted by Gasteiger charge is -2.35. The summed E-state index contributed by atoms with van der Waals surface area (Å²) in [5, 5.41) is 6.04. The van der Waals surface area contributed by atoms with E-state index in [2.05, 4.69) is 20.6 Å². The molecule has 3 fully saturated rings. The van der Waals surface area contributed by atoms with Gasteiger partial charge >= 0.3 is 6.18 Å². The number of nitrogens with zero attached hydrogens (tertiary/aromatic N) is 5. The fourth-order valence-corrected chi connectivity index (χ4v) is 6.36. The van der Waals surface area contributed by atoms with E-state index in [0.717, 1.165) is 19.3 Å². The monoisotopic (exact) mass is 631 g/mol. The summed E-state index contributed by atoms with van der Waals surface area (Å²) >= 11 is 6.44. The first-order chi connectivity index (χ1) is 21.0. The van der Waals surface area contributed by atoms with E-state index in [-0.39, 0.29) is 57.0 Å². The van der Waals surface area contributed by atoms with Crippen molar-refractivity contribution < 1.29 is 32.3 Å². The number of carbonyl (C=O) groups is 3. The van der Waals surface area contributed by atoms with Gasteiger partial charge in [0.15, 0.2) is 11.5 Å². The van der Waals surface area contributed by atoms with E-state index in [1.165, 1.54) is 49.1 Å². The van der Waals surface area contributed by atoms with Crippen LogP contribution in [0.25, 0.3) is 11.3 Å². The van der Waals surface area contributed by atoms with Crippen molar-refractivity contribution in [3.63, 3.8) is 0 Å². The number of ether oxygens (including phenoxy) is 1. The van der Waals surface area contributed by atoms with E-state index in [1.807, 2.05) is 4.90 Å². The first kappa shape index (κ1) is 29.9. The van der Waals surface area contributed by atoms with Crippen molar-refractivity contribution in [1.29, 1.82) is 0 Å². The molecule has 3 amide bonds. The van der Waals surface area contributed by atoms with Gasteiger partial charge in [0.25, 0.3) is 11.8 Å². The number of piperazine rings is 1. The van der Waals surface area contributed by atoms with Crippen molar-refractivity contribution in [1.82, 2.24) is 29.7 Å². The number of halogens is 4. The SMILES string of the molecule is COc1ccc(-c2cnc(C(=O)Nc3ccc(C(=O)N4CCN(C(=O)[C@@H]5[C@@H]6CNC[C@@H]65)CC4)c(Cl)c3)n2C)c(C(F)(F)F)n1. The van der Waals surface area contributed by atoms with Crippen molar-refractivity contribution in [2.45, 2.75) is 6.18 Å². The van der Waals surface area contributed by atoms with Crippen molar-refractivity contribution in [2.24, 2.45) is 24.8 Å². The zero-order valence-corrected chi connectivity index (χ0v) is 24.6. The van der Waals surface area contributed by atoms with Crippen molar-refractivity contribution >= 4 is 35.0 Å². The molecule has 3 aliphatic rings. The molecule has 44 heavy (non-hydrogen) atoms. The Hall–Kier alpha value is -4.17. The summed E-state index contributed by atoms with van der Waals surface area (Å²) in [7, 11) is 2.63. The number of pyridine rings is 1. The number of amides is 3. The molecule has 232 valence electrons. The van der Waals surface area contributed by atoms with Gasteiger partial charge in [-0.3, -0.25) is 14.4 Å². The molecule has 2 N–H and O–H groups in total. The topological polar surface area (TPSA) is 122 Å². The predicted octanol–water partition coefficient (Wildman–Crippen LogP) is 3.17. The average molecular weight is 632 g/mol. The molecule has 1 aliphatic carbocycles. The van der Waals surface area contributed by atoms with Crippen LogP contribution in [0.5, 0.6) is 5.88 Å². The molecule has 6 rings (SSSR count). The number of hydrogen-bond acceptors (Lipinski definition) is 7. The molecule has 1 saturated carbocycles. The Kier molecular flexibility index (Phi) is 7.74. The quantitative estimate of drug-likeness (QED) is 0.429. The third kappa shape index (κ3) is 5.47. The van der Waals surface area contributed by atoms with Gasteiger partial charge in [0, 0.05) is 56.5 Å². The smallest absolute Gasteiger partial charge is 0.434 e. The number of aromatic nitrogens is 3. The molecule has 2 aliphatic heterocycles. The molecule has 0 spiro atoms. The van der Waals surface area contributed by atoms with E-state index >= 15 is 0 Å². The normalized spacial score (nSPS) is 21.2. The van der Waals surface area contributed by atoms with Crippen LogP contribution >= 0.6 is 11.6 Å². The van der Waals surface area contributed by atoms with Crippen LogP contribution in [-0.4, -0.2) is 88.4 Å². The van der Waals surface area contributed by atoms with Crippen molar-refractivity contribution in [2.75, 3.05) is 51.7 Å². The minimum atomic E-state index is -4.77. The highest BCUT2D eigenvalue weighted by Crippen LogP contribution is 2.49. The Balaban J connectivity index is 1.10. The maximum absolute atomic E-state index is 13.7. The van der Waals surface area contributed by atoms with Crippen molar-refractivity contribution in [3.8, 4) is 17.1 Å². The Labute approximate surface area is 255 Å². The molecule has 11 nitrogen and oxygen atoms in total. The fourth-order valence-electron chi connectivity index (χ4n) is 6.10. The minimum Gasteiger partial charge on any atom is -0.481 e. The van der Waals surface area contributed by atoms with Crippen LogP contribution in [0.3, 0.4) is 0 Å². The number of carbonyl (C=O) groups excluding carboxylic acids is 3. The highest BCUT2D eigenvalue weighted by molar-refractivity contribution is 6.34. The highest BCUT2D eigenvalue weighted by atomic mass is 35.5. The Bertz CT molecular complexity index is 1630. The lowest BCUT2D eigenvalue weighted by molar-refractivity contribution is -0.141. The molecule has 2 aromatic heterocycles. The number of rotatable bonds is 6. The number of hydrogen-bond donors (Lipinski definition) is 2. The summed E-state index contributed by atoms with van der Waals surface area (Å²) in [6.07, 6.45) is -3.62. The number of methoxy groups -OCH3 is 1. The first-order valence-corrected chi connectivity index (χ1v) is 14.4. The third-order valence-corrected chi connectivity index (χ3v) is 8.84. The van der Waals surface area contributed by atoms with E-state index in [0.29, 0.717) is 38.0 Å². The van der Waals surface area contributed by atoms with Gasteiger partial charge in [-0.25, -0.2) is 9.97 Å². The molecular weight excluding hydrogens is 603 g/mol. The summed E-state index contributed by atoms with van der Waals surface area (Å²) in [5.74, 6) is -0.183. The zero-order valence-electron chi connectivity index (χ0n) is 23.8. The van der Waals surface area contributed by atoms with Gasteiger partial charge in [0.2, 0.25) is 11.8 Å². The lowest BCUT2D eigenvalue weighted by atomic mass is 10.1. The molecule has 1 aromatic carbocycles. The molecule has 3 atom stereocenters. The molecule has 4 heterocycles. The predicted molar refractivity (Wildman–Crippen MR) is 153 cm³/mol. The summed E-state index contributed by atoms with van der Waals surface area (Å²) in [4.78, 5) is 50.2. The van der Waals surface area contributed by atoms with E-state index in [9.17, 15) is 27.6 Å². The van der Waals surface area contributed by atoms with Gasteiger partial charge in [-0.2, -0.15) is 13.2 Å². The Morgan fingerprint density at radius 3 is 2.36 bits per heavy atom. The number of fused-ring (bicyclic) bond motifs is 1. The highest BCUT2D eigenvalue weighted by Gasteiger charge is 2.58. The van der Waals surface area contributed by atoms with Crippen LogP contribution in [0.1, 0.15) is 26.7 Å². The average Bonchev–Trinajstić information content (AvgIpc) is 3.27. The van der Waals surface area contributed by atoms with Gasteiger partial charge < -0.3 is 29.7 Å². The molecule has 0 bridgehead atoms. The van der Waals surface area contributed by atoms with Crippen LogP contribution in [0.4, 0.5) is 18.9 Å². The van der Waals surface area contributed by atoms with E-state index in [4.69, 9.17) is 16.3 Å². The number of piperidine rings is 1. The Morgan fingerprint density at radius 2 is 1.73 bits per heavy atom. The number of benzene rings is 1. The summed E-state index contributed by atoms with van der Waals surface area (Å²) < 4.78 is 47.2. The standard InChI is InChI=1S/C29H29ClF3N7O4/c1-38-21(17-5-6-22(44-2)37-24(17)29(31,32)33)14-35-25(38)26(41)36-15-3-4-16(20(30)11-15)27(42)39-7-9-40(10-8-39)28(43)23-18-12-34-13-19(18)23/h3-6,11,14,18-19,23,34H,7-10,12-13H2,1-2H3,(H,36,41)/t18-,19+,23-. The maximum Gasteiger partial charge on any atom is 0.434 e. The summed E-state index contributed by atoms with van der Waals surface area (Å²) in [6.45, 7) is 3.48. The van der Waals surface area contributed by atoms with Gasteiger partial charge in [-0.1, -0.05) is 11.6 Å². The summed E-state index contributed by atoms with van der Waals surface area (Å²) in [5.41, 5.74) is -0.901. The van der Waals surface area contributed by atoms with E-state index in [1.54, 1.807) is 4.90 Å². The zero-order chi connectivity index (χ0) is 31.3. The minimum absolute atomic E-state index is 0.0235. The van der Waals surface area contributed by atoms with Gasteiger partial charge in [-0.05, 0) is 49.2 Å². The molecule has 15 heteroatoms. The van der Waals surface area contributed by atoms with Crippen LogP contribution in [0.15, 0.2) is 36.5 Å². The largest absolute Gasteiger partial charge is 0.481 e. The van der Waals surface area contributed by atoms with Crippen LogP contribution in [-0.2, 0) is 18.0 Å². The number of alkyl halides is 3. The molecule has 0 radical (unpaired) electrons. The van der Waals surface area contributed by atoms with Crippen molar-refractivity contribution in [3.05, 3.63) is 58.6 Å². The third-order valence-electron chi connectivity index (χ3n) is 8.53. The molecule has 3 aromatic rings. The first-order valence-electron chi connectivity index (χ1n) is 14.0. The van der Waals surface area contributed by atoms with Crippen LogP contribution in [0.2, 0.25) is 5.02 Å². The molecule has 2 saturated heterocycles. The fraction of sp³-hybridized carbons (Fsp3) is 0.414. The number of anilines is 1. The second-order valence-corrected chi connectivity index (χ2v) is 11.5. The molecule has 0 unspecified atom stereocenters. The van der Waals surface area contributed by atoms with Crippen LogP contribution < -0.4 is 15.4 Å². The second-order valence-electron chi connectivity index (χ2n) is 11.1. The van der Waals surface area contributed by atoms with Gasteiger partial charge in [-0.15, -0.1) is 0 Å². The van der Waals surface area contributed by atoms with Crippen LogP contribution in [0, 0.1) is 17.8 Å². The molecular formula is C29H29ClF3N7O4. The number of nitrogens with one attached hydrogen (secondary N) is 2. The lowest BCUT2D eigenvalue weighted by Crippen LogP contribution is -2.51. The maximum atomic E-state index is 13.7. The summed E-state index contributed by atoms with van der Waals surface area (Å²) in [6, 6.07) is 6.92. The van der Waals surface area contributed by atoms with Gasteiger partial charge in [0.1, 0.15) is 0 Å². The van der Waals surface area contributed by atoms with E-state index < -0.39 is 17.8 Å². The number of imidazole rings is 1.